The summed E-state index contributed by atoms with van der Waals surface area (Å²) in [6.07, 6.45) is -1.13. The smallest absolute Gasteiger partial charge is 0.323 e. The monoisotopic (exact) mass is 262 g/mol. The summed E-state index contributed by atoms with van der Waals surface area (Å²) in [4.78, 5) is 32.7. The Morgan fingerprint density at radius 1 is 1.33 bits per heavy atom. The molecule has 1 amide bonds. The molecule has 0 aromatic rings. The van der Waals surface area contributed by atoms with E-state index < -0.39 is 36.6 Å². The SMILES string of the molecule is CCC(=O)OC(CO)COC(=O)[C@@H](N)CC(N)=O. The van der Waals surface area contributed by atoms with Crippen LogP contribution in [0.3, 0.4) is 0 Å². The number of amides is 1. The van der Waals surface area contributed by atoms with Gasteiger partial charge in [0, 0.05) is 6.42 Å². The fourth-order valence-corrected chi connectivity index (χ4v) is 0.975. The number of rotatable bonds is 8. The fourth-order valence-electron chi connectivity index (χ4n) is 0.975. The van der Waals surface area contributed by atoms with E-state index in [-0.39, 0.29) is 19.4 Å². The molecule has 8 nitrogen and oxygen atoms in total. The zero-order valence-electron chi connectivity index (χ0n) is 10.1. The number of aliphatic hydroxyl groups excluding tert-OH is 1. The molecule has 0 bridgehead atoms. The Labute approximate surface area is 104 Å². The molecule has 0 aliphatic carbocycles. The normalized spacial score (nSPS) is 13.5. The fraction of sp³-hybridized carbons (Fsp3) is 0.700. The molecule has 0 aliphatic heterocycles. The number of aliphatic hydroxyl groups is 1. The van der Waals surface area contributed by atoms with Gasteiger partial charge in [-0.15, -0.1) is 0 Å². The number of carbonyl (C=O) groups is 3. The molecular formula is C10H18N2O6. The first-order chi connectivity index (χ1) is 8.40. The summed E-state index contributed by atoms with van der Waals surface area (Å²) in [5.74, 6) is -2.10. The molecule has 2 atom stereocenters. The standard InChI is InChI=1S/C10H18N2O6/c1-2-9(15)18-6(4-13)5-17-10(16)7(11)3-8(12)14/h6-7,13H,2-5,11H2,1H3,(H2,12,14)/t6?,7-/m0/s1. The van der Waals surface area contributed by atoms with Gasteiger partial charge >= 0.3 is 11.9 Å². The van der Waals surface area contributed by atoms with Crippen molar-refractivity contribution in [2.24, 2.45) is 11.5 Å². The molecule has 0 fully saturated rings. The number of nitrogens with two attached hydrogens (primary N) is 2. The van der Waals surface area contributed by atoms with Crippen molar-refractivity contribution in [3.63, 3.8) is 0 Å². The summed E-state index contributed by atoms with van der Waals surface area (Å²) >= 11 is 0. The van der Waals surface area contributed by atoms with Crippen LogP contribution in [0.15, 0.2) is 0 Å². The molecule has 0 spiro atoms. The summed E-state index contributed by atoms with van der Waals surface area (Å²) in [6.45, 7) is 0.781. The van der Waals surface area contributed by atoms with Gasteiger partial charge < -0.3 is 26.0 Å². The van der Waals surface area contributed by atoms with E-state index >= 15 is 0 Å². The Kier molecular flexibility index (Phi) is 7.64. The second-order valence-electron chi connectivity index (χ2n) is 3.55. The van der Waals surface area contributed by atoms with Gasteiger partial charge in [-0.05, 0) is 0 Å². The van der Waals surface area contributed by atoms with Crippen LogP contribution in [0.25, 0.3) is 0 Å². The van der Waals surface area contributed by atoms with E-state index in [4.69, 9.17) is 26.0 Å². The molecule has 5 N–H and O–H groups in total. The highest BCUT2D eigenvalue weighted by molar-refractivity contribution is 5.84. The molecule has 0 saturated carbocycles. The van der Waals surface area contributed by atoms with Crippen molar-refractivity contribution < 1.29 is 29.0 Å². The molecule has 104 valence electrons. The maximum atomic E-state index is 11.3. The highest BCUT2D eigenvalue weighted by Crippen LogP contribution is 1.98. The van der Waals surface area contributed by atoms with Crippen LogP contribution >= 0.6 is 0 Å². The van der Waals surface area contributed by atoms with Gasteiger partial charge in [0.2, 0.25) is 5.91 Å². The average molecular weight is 262 g/mol. The Balaban J connectivity index is 4.08. The van der Waals surface area contributed by atoms with Gasteiger partial charge in [-0.25, -0.2) is 0 Å². The topological polar surface area (TPSA) is 142 Å². The van der Waals surface area contributed by atoms with Crippen LogP contribution in [-0.2, 0) is 23.9 Å². The van der Waals surface area contributed by atoms with Crippen LogP contribution in [0.2, 0.25) is 0 Å². The van der Waals surface area contributed by atoms with Gasteiger partial charge in [0.15, 0.2) is 6.10 Å². The number of ether oxygens (including phenoxy) is 2. The minimum absolute atomic E-state index is 0.144. The highest BCUT2D eigenvalue weighted by Gasteiger charge is 2.20. The van der Waals surface area contributed by atoms with Gasteiger partial charge in [-0.3, -0.25) is 14.4 Å². The number of hydrogen-bond acceptors (Lipinski definition) is 7. The first-order valence-electron chi connectivity index (χ1n) is 5.41. The summed E-state index contributed by atoms with van der Waals surface area (Å²) in [7, 11) is 0. The van der Waals surface area contributed by atoms with E-state index in [0.29, 0.717) is 0 Å². The van der Waals surface area contributed by atoms with Crippen molar-refractivity contribution in [1.82, 2.24) is 0 Å². The number of primary amides is 1. The van der Waals surface area contributed by atoms with Gasteiger partial charge in [-0.1, -0.05) is 6.92 Å². The summed E-state index contributed by atoms with van der Waals surface area (Å²) in [5.41, 5.74) is 10.2. The first kappa shape index (κ1) is 16.3. The van der Waals surface area contributed by atoms with E-state index in [1.807, 2.05) is 0 Å². The van der Waals surface area contributed by atoms with E-state index in [1.165, 1.54) is 0 Å². The lowest BCUT2D eigenvalue weighted by Gasteiger charge is -2.16. The number of hydrogen-bond donors (Lipinski definition) is 3. The quantitative estimate of drug-likeness (QED) is 0.431. The molecule has 0 heterocycles. The van der Waals surface area contributed by atoms with Crippen LogP contribution < -0.4 is 11.5 Å². The predicted octanol–water partition coefficient (Wildman–Crippen LogP) is -1.95. The van der Waals surface area contributed by atoms with Gasteiger partial charge in [0.05, 0.1) is 13.0 Å². The molecule has 0 rings (SSSR count). The molecule has 18 heavy (non-hydrogen) atoms. The molecular weight excluding hydrogens is 244 g/mol. The third-order valence-electron chi connectivity index (χ3n) is 1.93. The van der Waals surface area contributed by atoms with Gasteiger partial charge in [0.25, 0.3) is 0 Å². The van der Waals surface area contributed by atoms with E-state index in [1.54, 1.807) is 6.92 Å². The molecule has 0 aliphatic rings. The lowest BCUT2D eigenvalue weighted by atomic mass is 10.2. The number of esters is 2. The lowest BCUT2D eigenvalue weighted by Crippen LogP contribution is -2.38. The number of carbonyl (C=O) groups excluding carboxylic acids is 3. The first-order valence-corrected chi connectivity index (χ1v) is 5.41. The second kappa shape index (κ2) is 8.43. The summed E-state index contributed by atoms with van der Waals surface area (Å²) in [6, 6.07) is -1.16. The zero-order chi connectivity index (χ0) is 14.1. The Morgan fingerprint density at radius 3 is 2.39 bits per heavy atom. The minimum atomic E-state index is -1.16. The third-order valence-corrected chi connectivity index (χ3v) is 1.93. The van der Waals surface area contributed by atoms with Crippen LogP contribution in [0.5, 0.6) is 0 Å². The maximum absolute atomic E-state index is 11.3. The average Bonchev–Trinajstić information content (AvgIpc) is 2.32. The molecule has 0 saturated heterocycles. The Morgan fingerprint density at radius 2 is 1.94 bits per heavy atom. The van der Waals surface area contributed by atoms with E-state index in [9.17, 15) is 14.4 Å². The largest absolute Gasteiger partial charge is 0.460 e. The molecule has 1 unspecified atom stereocenters. The van der Waals surface area contributed by atoms with Crippen molar-refractivity contribution in [2.75, 3.05) is 13.2 Å². The molecule has 0 radical (unpaired) electrons. The van der Waals surface area contributed by atoms with Crippen molar-refractivity contribution in [3.05, 3.63) is 0 Å². The van der Waals surface area contributed by atoms with Crippen LogP contribution in [0, 0.1) is 0 Å². The summed E-state index contributed by atoms with van der Waals surface area (Å²) in [5, 5.41) is 8.89. The summed E-state index contributed by atoms with van der Waals surface area (Å²) < 4.78 is 9.46. The second-order valence-corrected chi connectivity index (χ2v) is 3.55. The minimum Gasteiger partial charge on any atom is -0.460 e. The highest BCUT2D eigenvalue weighted by atomic mass is 16.6. The van der Waals surface area contributed by atoms with Gasteiger partial charge in [0.1, 0.15) is 12.6 Å². The molecule has 8 heteroatoms. The van der Waals surface area contributed by atoms with Crippen molar-refractivity contribution in [2.45, 2.75) is 31.9 Å². The van der Waals surface area contributed by atoms with Crippen molar-refractivity contribution in [3.8, 4) is 0 Å². The lowest BCUT2D eigenvalue weighted by molar-refractivity contribution is -0.162. The Bertz CT molecular complexity index is 307. The Hall–Kier alpha value is -1.67. The zero-order valence-corrected chi connectivity index (χ0v) is 10.1. The van der Waals surface area contributed by atoms with E-state index in [2.05, 4.69) is 0 Å². The van der Waals surface area contributed by atoms with Crippen LogP contribution in [0.4, 0.5) is 0 Å². The van der Waals surface area contributed by atoms with Crippen LogP contribution in [0.1, 0.15) is 19.8 Å². The van der Waals surface area contributed by atoms with Crippen molar-refractivity contribution >= 4 is 17.8 Å². The van der Waals surface area contributed by atoms with Crippen molar-refractivity contribution in [1.29, 1.82) is 0 Å². The predicted molar refractivity (Wildman–Crippen MR) is 60.0 cm³/mol. The molecule has 0 aromatic heterocycles. The molecule has 0 aromatic carbocycles. The van der Waals surface area contributed by atoms with E-state index in [0.717, 1.165) is 0 Å². The van der Waals surface area contributed by atoms with Gasteiger partial charge in [-0.2, -0.15) is 0 Å². The third kappa shape index (κ3) is 6.81. The maximum Gasteiger partial charge on any atom is 0.323 e. The van der Waals surface area contributed by atoms with Crippen LogP contribution in [-0.4, -0.2) is 48.3 Å².